The summed E-state index contributed by atoms with van der Waals surface area (Å²) in [5.41, 5.74) is 24.6. The third-order valence-corrected chi connectivity index (χ3v) is 13.0. The maximum Gasteiger partial charge on any atom is 0.247 e. The van der Waals surface area contributed by atoms with Gasteiger partial charge < -0.3 is 4.90 Å². The van der Waals surface area contributed by atoms with E-state index in [1.54, 1.807) is 0 Å². The van der Waals surface area contributed by atoms with Crippen molar-refractivity contribution >= 4 is 63.3 Å². The Bertz CT molecular complexity index is 2470. The van der Waals surface area contributed by atoms with Crippen LogP contribution in [0.3, 0.4) is 0 Å². The lowest BCUT2D eigenvalue weighted by Gasteiger charge is -2.51. The summed E-state index contributed by atoms with van der Waals surface area (Å²) in [5, 5.41) is 0. The van der Waals surface area contributed by atoms with E-state index in [1.165, 1.54) is 99.9 Å². The first-order chi connectivity index (χ1) is 25.3. The highest BCUT2D eigenvalue weighted by molar-refractivity contribution is 7.03. The smallest absolute Gasteiger partial charge is 0.247 e. The van der Waals surface area contributed by atoms with E-state index in [0.29, 0.717) is 0 Å². The number of rotatable bonds is 2. The van der Waals surface area contributed by atoms with Gasteiger partial charge in [0.25, 0.3) is 0 Å². The second-order valence-corrected chi connectivity index (χ2v) is 16.5. The molecular formula is C49H39B2N. The van der Waals surface area contributed by atoms with E-state index < -0.39 is 0 Å². The molecule has 4 aliphatic heterocycles. The minimum Gasteiger partial charge on any atom is -0.313 e. The molecule has 246 valence electrons. The third-order valence-electron chi connectivity index (χ3n) is 13.0. The molecule has 7 aromatic carbocycles. The average Bonchev–Trinajstić information content (AvgIpc) is 3.17. The van der Waals surface area contributed by atoms with E-state index in [9.17, 15) is 0 Å². The van der Waals surface area contributed by atoms with Gasteiger partial charge in [-0.05, 0) is 85.4 Å². The van der Waals surface area contributed by atoms with Gasteiger partial charge >= 0.3 is 0 Å². The predicted molar refractivity (Wildman–Crippen MR) is 223 cm³/mol. The highest BCUT2D eigenvalue weighted by Gasteiger charge is 2.53. The van der Waals surface area contributed by atoms with Crippen molar-refractivity contribution < 1.29 is 0 Å². The van der Waals surface area contributed by atoms with Crippen LogP contribution in [0, 0.1) is 6.92 Å². The normalized spacial score (nSPS) is 16.0. The summed E-state index contributed by atoms with van der Waals surface area (Å²) in [4.78, 5) is 2.69. The van der Waals surface area contributed by atoms with Crippen molar-refractivity contribution in [2.24, 2.45) is 0 Å². The van der Waals surface area contributed by atoms with Gasteiger partial charge in [-0.1, -0.05) is 178 Å². The highest BCUT2D eigenvalue weighted by atomic mass is 15.2. The zero-order valence-electron chi connectivity index (χ0n) is 30.5. The fourth-order valence-corrected chi connectivity index (χ4v) is 11.0. The molecule has 0 aromatic heterocycles. The monoisotopic (exact) mass is 663 g/mol. The molecule has 0 spiro atoms. The number of anilines is 3. The summed E-state index contributed by atoms with van der Waals surface area (Å²) < 4.78 is 0. The van der Waals surface area contributed by atoms with E-state index in [1.807, 2.05) is 0 Å². The van der Waals surface area contributed by atoms with Crippen LogP contribution in [0.1, 0.15) is 55.5 Å². The molecule has 0 radical (unpaired) electrons. The second-order valence-electron chi connectivity index (χ2n) is 16.5. The van der Waals surface area contributed by atoms with Gasteiger partial charge in [0, 0.05) is 27.9 Å². The van der Waals surface area contributed by atoms with E-state index in [0.717, 1.165) is 0 Å². The van der Waals surface area contributed by atoms with Crippen LogP contribution < -0.4 is 37.7 Å². The molecule has 0 aliphatic carbocycles. The molecule has 3 heteroatoms. The zero-order chi connectivity index (χ0) is 35.1. The predicted octanol–water partition coefficient (Wildman–Crippen LogP) is 7.74. The van der Waals surface area contributed by atoms with Crippen molar-refractivity contribution in [3.63, 3.8) is 0 Å². The Morgan fingerprint density at radius 3 is 1.29 bits per heavy atom. The molecule has 0 amide bonds. The van der Waals surface area contributed by atoms with Crippen LogP contribution >= 0.6 is 0 Å². The van der Waals surface area contributed by atoms with Gasteiger partial charge in [-0.2, -0.15) is 0 Å². The van der Waals surface area contributed by atoms with Gasteiger partial charge in [-0.15, -0.1) is 0 Å². The Morgan fingerprint density at radius 1 is 0.442 bits per heavy atom. The Balaban J connectivity index is 1.31. The van der Waals surface area contributed by atoms with Crippen molar-refractivity contribution in [1.82, 2.24) is 0 Å². The number of nitrogens with zero attached hydrogens (tertiary/aromatic N) is 1. The molecule has 0 atom stereocenters. The lowest BCUT2D eigenvalue weighted by molar-refractivity contribution is 0.647. The lowest BCUT2D eigenvalue weighted by atomic mass is 9.26. The summed E-state index contributed by atoms with van der Waals surface area (Å²) in [6.45, 7) is 12.4. The molecule has 0 bridgehead atoms. The van der Waals surface area contributed by atoms with E-state index in [4.69, 9.17) is 0 Å². The van der Waals surface area contributed by atoms with Gasteiger partial charge in [0.2, 0.25) is 13.4 Å². The van der Waals surface area contributed by atoms with Crippen molar-refractivity contribution in [3.05, 3.63) is 173 Å². The minimum absolute atomic E-state index is 0.141. The second kappa shape index (κ2) is 10.3. The number of hydrogen-bond donors (Lipinski definition) is 0. The molecule has 11 rings (SSSR count). The molecular weight excluding hydrogens is 624 g/mol. The molecule has 4 aliphatic rings. The number of aryl methyl sites for hydroxylation is 1. The van der Waals surface area contributed by atoms with Crippen LogP contribution in [-0.2, 0) is 10.8 Å². The standard InChI is InChI=1S/C49H39B2N/c1-30-28-39-47-40(29-30)51-38-23-15-13-21-36(38)49(4,5)44-34(32-18-10-7-11-19-32)25-27-42(46(44)51)52(47)41-26-24-33(31-16-8-6-9-17-31)43-45(41)50(39)37-22-14-12-20-35(37)48(43,2)3/h6-29H,1-5H3. The zero-order valence-corrected chi connectivity index (χ0v) is 30.5. The molecule has 0 N–H and O–H groups in total. The Kier molecular flexibility index (Phi) is 5.96. The van der Waals surface area contributed by atoms with Gasteiger partial charge in [-0.3, -0.25) is 0 Å². The van der Waals surface area contributed by atoms with Crippen LogP contribution in [0.4, 0.5) is 17.1 Å². The first-order valence-corrected chi connectivity index (χ1v) is 18.9. The molecule has 52 heavy (non-hydrogen) atoms. The van der Waals surface area contributed by atoms with Crippen molar-refractivity contribution in [1.29, 1.82) is 0 Å². The summed E-state index contributed by atoms with van der Waals surface area (Å²) in [6, 6.07) is 55.4. The molecule has 0 unspecified atom stereocenters. The van der Waals surface area contributed by atoms with Crippen LogP contribution in [0.2, 0.25) is 0 Å². The Labute approximate surface area is 308 Å². The quantitative estimate of drug-likeness (QED) is 0.171. The molecule has 0 fully saturated rings. The minimum atomic E-state index is -0.191. The summed E-state index contributed by atoms with van der Waals surface area (Å²) >= 11 is 0. The summed E-state index contributed by atoms with van der Waals surface area (Å²) in [5.74, 6) is 0. The Morgan fingerprint density at radius 2 is 0.846 bits per heavy atom. The fraction of sp³-hybridized carbons (Fsp3) is 0.143. The molecule has 4 heterocycles. The molecule has 0 saturated carbocycles. The maximum absolute atomic E-state index is 2.69. The van der Waals surface area contributed by atoms with Crippen LogP contribution in [-0.4, -0.2) is 13.4 Å². The number of fused-ring (bicyclic) bond motifs is 8. The Hall–Kier alpha value is -5.53. The van der Waals surface area contributed by atoms with Crippen LogP contribution in [0.15, 0.2) is 146 Å². The molecule has 1 nitrogen and oxygen atoms in total. The van der Waals surface area contributed by atoms with E-state index >= 15 is 0 Å². The number of hydrogen-bond acceptors (Lipinski definition) is 1. The third kappa shape index (κ3) is 3.71. The van der Waals surface area contributed by atoms with Gasteiger partial charge in [0.05, 0.1) is 0 Å². The number of benzene rings is 7. The van der Waals surface area contributed by atoms with Crippen LogP contribution in [0.5, 0.6) is 0 Å². The summed E-state index contributed by atoms with van der Waals surface area (Å²) in [6.07, 6.45) is 0. The van der Waals surface area contributed by atoms with Gasteiger partial charge in [0.1, 0.15) is 0 Å². The van der Waals surface area contributed by atoms with Crippen molar-refractivity contribution in [3.8, 4) is 22.3 Å². The first-order valence-electron chi connectivity index (χ1n) is 18.9. The average molecular weight is 663 g/mol. The molecule has 7 aromatic rings. The van der Waals surface area contributed by atoms with E-state index in [2.05, 4.69) is 185 Å². The summed E-state index contributed by atoms with van der Waals surface area (Å²) in [7, 11) is 0. The van der Waals surface area contributed by atoms with Gasteiger partial charge in [-0.25, -0.2) is 0 Å². The van der Waals surface area contributed by atoms with E-state index in [-0.39, 0.29) is 24.3 Å². The molecule has 0 saturated heterocycles. The topological polar surface area (TPSA) is 3.24 Å². The lowest BCUT2D eigenvalue weighted by Crippen LogP contribution is -2.70. The van der Waals surface area contributed by atoms with Crippen LogP contribution in [0.25, 0.3) is 22.3 Å². The first kappa shape index (κ1) is 30.1. The maximum atomic E-state index is 2.69. The largest absolute Gasteiger partial charge is 0.313 e. The fourth-order valence-electron chi connectivity index (χ4n) is 11.0. The van der Waals surface area contributed by atoms with Crippen molar-refractivity contribution in [2.45, 2.75) is 45.4 Å². The van der Waals surface area contributed by atoms with Crippen molar-refractivity contribution in [2.75, 3.05) is 4.90 Å². The SMILES string of the molecule is Cc1cc2c3c(c1)B1c4ccccc4C(C)(C)c4c(-c5ccccc5)ccc(c41)N3c1ccc(-c3ccccc3)c3c1B2c1ccccc1C3(C)C. The highest BCUT2D eigenvalue weighted by Crippen LogP contribution is 2.49. The van der Waals surface area contributed by atoms with Gasteiger partial charge in [0.15, 0.2) is 0 Å².